The summed E-state index contributed by atoms with van der Waals surface area (Å²) in [6.07, 6.45) is 6.38. The Bertz CT molecular complexity index is 1090. The number of aromatic nitrogens is 2. The van der Waals surface area contributed by atoms with Crippen molar-refractivity contribution in [2.24, 2.45) is 0 Å². The predicted molar refractivity (Wildman–Crippen MR) is 130 cm³/mol. The second-order valence-corrected chi connectivity index (χ2v) is 9.33. The molecular weight excluding hydrogens is 468 g/mol. The van der Waals surface area contributed by atoms with Crippen LogP contribution in [0.4, 0.5) is 0 Å². The number of nitrogens with zero attached hydrogens (tertiary/aromatic N) is 3. The molecule has 0 radical (unpaired) electrons. The number of carbonyl (C=O) groups is 2. The van der Waals surface area contributed by atoms with Crippen molar-refractivity contribution in [3.8, 4) is 0 Å². The second-order valence-electron chi connectivity index (χ2n) is 8.41. The van der Waals surface area contributed by atoms with Crippen LogP contribution in [0.1, 0.15) is 48.3 Å². The fourth-order valence-corrected chi connectivity index (χ4v) is 4.67. The highest BCUT2D eigenvalue weighted by atomic mass is 79.9. The summed E-state index contributed by atoms with van der Waals surface area (Å²) in [4.78, 5) is 32.2. The summed E-state index contributed by atoms with van der Waals surface area (Å²) in [5, 5.41) is 2.96. The Balaban J connectivity index is 1.45. The minimum absolute atomic E-state index is 0.111. The molecule has 2 aromatic carbocycles. The Morgan fingerprint density at radius 2 is 1.81 bits per heavy atom. The van der Waals surface area contributed by atoms with Gasteiger partial charge in [-0.15, -0.1) is 0 Å². The molecule has 0 saturated heterocycles. The first kappa shape index (κ1) is 22.5. The van der Waals surface area contributed by atoms with Crippen molar-refractivity contribution in [1.82, 2.24) is 19.8 Å². The van der Waals surface area contributed by atoms with E-state index >= 15 is 0 Å². The Hall–Kier alpha value is -2.67. The van der Waals surface area contributed by atoms with E-state index in [1.165, 1.54) is 19.3 Å². The molecule has 7 heteroatoms. The molecule has 1 heterocycles. The van der Waals surface area contributed by atoms with Crippen molar-refractivity contribution in [2.75, 3.05) is 13.6 Å². The monoisotopic (exact) mass is 496 g/mol. The van der Waals surface area contributed by atoms with Crippen LogP contribution in [0.2, 0.25) is 0 Å². The molecule has 4 rings (SSSR count). The number of rotatable bonds is 7. The van der Waals surface area contributed by atoms with Gasteiger partial charge in [0.2, 0.25) is 5.91 Å². The average Bonchev–Trinajstić information content (AvgIpc) is 3.16. The standard InChI is InChI=1S/C25H29BrN4O2/c1-29(20-7-3-2-4-8-20)24(31)17-30-22-10-6-5-9-21(22)28-23(30)15-16-27-25(32)18-11-13-19(26)14-12-18/h5-6,9-14,20H,2-4,7-8,15-17H2,1H3,(H,27,32). The minimum atomic E-state index is -0.117. The molecule has 2 amide bonds. The number of nitrogens with one attached hydrogen (secondary N) is 1. The zero-order valence-electron chi connectivity index (χ0n) is 18.4. The number of benzene rings is 2. The SMILES string of the molecule is CN(C(=O)Cn1c(CCNC(=O)c2ccc(Br)cc2)nc2ccccc21)C1CCCCC1. The van der Waals surface area contributed by atoms with E-state index in [0.717, 1.165) is 34.2 Å². The molecule has 1 fully saturated rings. The number of hydrogen-bond donors (Lipinski definition) is 1. The van der Waals surface area contributed by atoms with Crippen LogP contribution in [0, 0.1) is 0 Å². The number of para-hydroxylation sites is 2. The van der Waals surface area contributed by atoms with Gasteiger partial charge in [0, 0.05) is 36.1 Å². The van der Waals surface area contributed by atoms with Crippen LogP contribution in [0.15, 0.2) is 53.0 Å². The maximum absolute atomic E-state index is 13.1. The fraction of sp³-hybridized carbons (Fsp3) is 0.400. The Kier molecular flexibility index (Phi) is 7.25. The number of imidazole rings is 1. The van der Waals surface area contributed by atoms with Gasteiger partial charge in [0.25, 0.3) is 5.91 Å². The van der Waals surface area contributed by atoms with E-state index in [1.807, 2.05) is 52.9 Å². The zero-order valence-corrected chi connectivity index (χ0v) is 20.0. The van der Waals surface area contributed by atoms with Crippen molar-refractivity contribution in [1.29, 1.82) is 0 Å². The summed E-state index contributed by atoms with van der Waals surface area (Å²) in [6, 6.07) is 15.5. The first-order chi connectivity index (χ1) is 15.5. The average molecular weight is 497 g/mol. The summed E-state index contributed by atoms with van der Waals surface area (Å²) in [7, 11) is 1.93. The Labute approximate surface area is 197 Å². The third-order valence-corrected chi connectivity index (χ3v) is 6.81. The van der Waals surface area contributed by atoms with Gasteiger partial charge in [-0.3, -0.25) is 9.59 Å². The summed E-state index contributed by atoms with van der Waals surface area (Å²) in [5.74, 6) is 0.807. The van der Waals surface area contributed by atoms with E-state index in [1.54, 1.807) is 12.1 Å². The van der Waals surface area contributed by atoms with Gasteiger partial charge in [-0.1, -0.05) is 47.3 Å². The summed E-state index contributed by atoms with van der Waals surface area (Å²) < 4.78 is 2.94. The normalized spacial score (nSPS) is 14.4. The highest BCUT2D eigenvalue weighted by Gasteiger charge is 2.23. The number of likely N-dealkylation sites (N-methyl/N-ethyl adjacent to an activating group) is 1. The second kappa shape index (κ2) is 10.3. The quantitative estimate of drug-likeness (QED) is 0.521. The van der Waals surface area contributed by atoms with Gasteiger partial charge in [0.1, 0.15) is 12.4 Å². The molecule has 0 aliphatic heterocycles. The van der Waals surface area contributed by atoms with Crippen molar-refractivity contribution in [3.63, 3.8) is 0 Å². The van der Waals surface area contributed by atoms with Crippen LogP contribution in [-0.2, 0) is 17.8 Å². The number of fused-ring (bicyclic) bond motifs is 1. The lowest BCUT2D eigenvalue weighted by Crippen LogP contribution is -2.40. The molecule has 0 bridgehead atoms. The van der Waals surface area contributed by atoms with Crippen molar-refractivity contribution in [3.05, 3.63) is 64.4 Å². The van der Waals surface area contributed by atoms with Gasteiger partial charge in [-0.05, 0) is 49.2 Å². The molecule has 3 aromatic rings. The lowest BCUT2D eigenvalue weighted by molar-refractivity contribution is -0.133. The molecule has 1 saturated carbocycles. The van der Waals surface area contributed by atoms with Crippen LogP contribution in [0.25, 0.3) is 11.0 Å². The van der Waals surface area contributed by atoms with E-state index in [4.69, 9.17) is 4.98 Å². The maximum atomic E-state index is 13.1. The highest BCUT2D eigenvalue weighted by Crippen LogP contribution is 2.23. The summed E-state index contributed by atoms with van der Waals surface area (Å²) in [5.41, 5.74) is 2.44. The van der Waals surface area contributed by atoms with Crippen LogP contribution in [0.5, 0.6) is 0 Å². The molecule has 0 spiro atoms. The van der Waals surface area contributed by atoms with E-state index in [2.05, 4.69) is 21.2 Å². The maximum Gasteiger partial charge on any atom is 0.251 e. The van der Waals surface area contributed by atoms with E-state index < -0.39 is 0 Å². The molecule has 168 valence electrons. The molecule has 1 N–H and O–H groups in total. The lowest BCUT2D eigenvalue weighted by atomic mass is 9.94. The number of halogens is 1. The largest absolute Gasteiger partial charge is 0.352 e. The van der Waals surface area contributed by atoms with Crippen LogP contribution in [0.3, 0.4) is 0 Å². The zero-order chi connectivity index (χ0) is 22.5. The minimum Gasteiger partial charge on any atom is -0.352 e. The van der Waals surface area contributed by atoms with E-state index in [0.29, 0.717) is 24.6 Å². The molecule has 1 aromatic heterocycles. The molecular formula is C25H29BrN4O2. The smallest absolute Gasteiger partial charge is 0.251 e. The third-order valence-electron chi connectivity index (χ3n) is 6.28. The van der Waals surface area contributed by atoms with Gasteiger partial charge in [-0.2, -0.15) is 0 Å². The lowest BCUT2D eigenvalue weighted by Gasteiger charge is -2.31. The van der Waals surface area contributed by atoms with Crippen LogP contribution >= 0.6 is 15.9 Å². The first-order valence-corrected chi connectivity index (χ1v) is 12.1. The molecule has 0 atom stereocenters. The number of amides is 2. The highest BCUT2D eigenvalue weighted by molar-refractivity contribution is 9.10. The van der Waals surface area contributed by atoms with Crippen molar-refractivity contribution >= 4 is 38.8 Å². The van der Waals surface area contributed by atoms with Crippen LogP contribution in [-0.4, -0.2) is 45.9 Å². The topological polar surface area (TPSA) is 67.2 Å². The molecule has 6 nitrogen and oxygen atoms in total. The van der Waals surface area contributed by atoms with Crippen LogP contribution < -0.4 is 5.32 Å². The van der Waals surface area contributed by atoms with E-state index in [9.17, 15) is 9.59 Å². The van der Waals surface area contributed by atoms with Gasteiger partial charge >= 0.3 is 0 Å². The van der Waals surface area contributed by atoms with Gasteiger partial charge in [0.15, 0.2) is 0 Å². The van der Waals surface area contributed by atoms with Gasteiger partial charge in [-0.25, -0.2) is 4.98 Å². The molecule has 1 aliphatic rings. The summed E-state index contributed by atoms with van der Waals surface area (Å²) >= 11 is 3.38. The van der Waals surface area contributed by atoms with E-state index in [-0.39, 0.29) is 18.4 Å². The first-order valence-electron chi connectivity index (χ1n) is 11.3. The van der Waals surface area contributed by atoms with Gasteiger partial charge in [0.05, 0.1) is 11.0 Å². The Morgan fingerprint density at radius 3 is 2.56 bits per heavy atom. The molecule has 32 heavy (non-hydrogen) atoms. The Morgan fingerprint density at radius 1 is 1.09 bits per heavy atom. The molecule has 1 aliphatic carbocycles. The predicted octanol–water partition coefficient (Wildman–Crippen LogP) is 4.56. The third kappa shape index (κ3) is 5.21. The van der Waals surface area contributed by atoms with Crippen molar-refractivity contribution in [2.45, 2.75) is 51.1 Å². The van der Waals surface area contributed by atoms with Crippen molar-refractivity contribution < 1.29 is 9.59 Å². The fourth-order valence-electron chi connectivity index (χ4n) is 4.40. The number of hydrogen-bond acceptors (Lipinski definition) is 3. The van der Waals surface area contributed by atoms with Gasteiger partial charge < -0.3 is 14.8 Å². The molecule has 0 unspecified atom stereocenters. The number of carbonyl (C=O) groups excluding carboxylic acids is 2. The summed E-state index contributed by atoms with van der Waals surface area (Å²) in [6.45, 7) is 0.717.